The van der Waals surface area contributed by atoms with Gasteiger partial charge in [-0.2, -0.15) is 4.98 Å². The van der Waals surface area contributed by atoms with Crippen molar-refractivity contribution in [2.45, 2.75) is 71.8 Å². The molecule has 0 spiro atoms. The standard InChI is InChI=1S/C17H30N2O/c1-5-6-7-8-9-10-14-20-16-13-11-12-15(18-16)19-17(2,3)4/h11-13H,5-10,14H2,1-4H3,(H,18,19). The van der Waals surface area contributed by atoms with E-state index in [1.165, 1.54) is 32.1 Å². The average Bonchev–Trinajstić information content (AvgIpc) is 2.36. The molecule has 114 valence electrons. The van der Waals surface area contributed by atoms with Crippen LogP contribution < -0.4 is 10.1 Å². The van der Waals surface area contributed by atoms with E-state index < -0.39 is 0 Å². The van der Waals surface area contributed by atoms with Crippen LogP contribution in [0.15, 0.2) is 18.2 Å². The van der Waals surface area contributed by atoms with Crippen LogP contribution >= 0.6 is 0 Å². The summed E-state index contributed by atoms with van der Waals surface area (Å²) in [5.41, 5.74) is 0.0188. The summed E-state index contributed by atoms with van der Waals surface area (Å²) >= 11 is 0. The first-order chi connectivity index (χ1) is 9.51. The van der Waals surface area contributed by atoms with E-state index in [4.69, 9.17) is 4.74 Å². The van der Waals surface area contributed by atoms with Gasteiger partial charge in [0, 0.05) is 11.6 Å². The molecule has 0 bridgehead atoms. The summed E-state index contributed by atoms with van der Waals surface area (Å²) < 4.78 is 5.72. The van der Waals surface area contributed by atoms with Gasteiger partial charge in [-0.25, -0.2) is 0 Å². The first-order valence-corrected chi connectivity index (χ1v) is 7.89. The number of pyridine rings is 1. The third-order valence-electron chi connectivity index (χ3n) is 2.97. The van der Waals surface area contributed by atoms with Crippen molar-refractivity contribution in [2.24, 2.45) is 0 Å². The lowest BCUT2D eigenvalue weighted by molar-refractivity contribution is 0.293. The molecular weight excluding hydrogens is 248 g/mol. The minimum Gasteiger partial charge on any atom is -0.478 e. The van der Waals surface area contributed by atoms with Gasteiger partial charge in [-0.15, -0.1) is 0 Å². The molecule has 0 saturated heterocycles. The van der Waals surface area contributed by atoms with Crippen molar-refractivity contribution in [3.05, 3.63) is 18.2 Å². The third kappa shape index (κ3) is 8.03. The quantitative estimate of drug-likeness (QED) is 0.643. The topological polar surface area (TPSA) is 34.1 Å². The van der Waals surface area contributed by atoms with Gasteiger partial charge in [0.2, 0.25) is 5.88 Å². The minimum absolute atomic E-state index is 0.0188. The highest BCUT2D eigenvalue weighted by molar-refractivity contribution is 5.39. The molecule has 0 saturated carbocycles. The number of nitrogens with one attached hydrogen (secondary N) is 1. The Kier molecular flexibility index (Phi) is 7.42. The Morgan fingerprint density at radius 1 is 1.05 bits per heavy atom. The van der Waals surface area contributed by atoms with Crippen molar-refractivity contribution < 1.29 is 4.74 Å². The maximum absolute atomic E-state index is 5.72. The van der Waals surface area contributed by atoms with Gasteiger partial charge in [0.05, 0.1) is 6.61 Å². The van der Waals surface area contributed by atoms with E-state index in [0.717, 1.165) is 18.8 Å². The van der Waals surface area contributed by atoms with E-state index in [1.54, 1.807) is 0 Å². The molecule has 0 aliphatic carbocycles. The van der Waals surface area contributed by atoms with Gasteiger partial charge >= 0.3 is 0 Å². The summed E-state index contributed by atoms with van der Waals surface area (Å²) in [7, 11) is 0. The number of ether oxygens (including phenoxy) is 1. The monoisotopic (exact) mass is 278 g/mol. The zero-order chi connectivity index (χ0) is 14.8. The van der Waals surface area contributed by atoms with Crippen molar-refractivity contribution in [3.8, 4) is 5.88 Å². The van der Waals surface area contributed by atoms with E-state index in [9.17, 15) is 0 Å². The predicted octanol–water partition coefficient (Wildman–Crippen LogP) is 5.03. The van der Waals surface area contributed by atoms with Crippen LogP contribution in [0.3, 0.4) is 0 Å². The summed E-state index contributed by atoms with van der Waals surface area (Å²) in [5.74, 6) is 1.59. The van der Waals surface area contributed by atoms with Gasteiger partial charge in [0.25, 0.3) is 0 Å². The first-order valence-electron chi connectivity index (χ1n) is 7.89. The second-order valence-electron chi connectivity index (χ2n) is 6.35. The molecule has 0 fully saturated rings. The molecule has 20 heavy (non-hydrogen) atoms. The number of nitrogens with zero attached hydrogens (tertiary/aromatic N) is 1. The number of aromatic nitrogens is 1. The van der Waals surface area contributed by atoms with Crippen molar-refractivity contribution in [1.82, 2.24) is 4.98 Å². The fourth-order valence-corrected chi connectivity index (χ4v) is 2.01. The van der Waals surface area contributed by atoms with Crippen LogP contribution in [-0.2, 0) is 0 Å². The Balaban J connectivity index is 2.25. The Labute approximate surface area is 124 Å². The molecule has 0 aromatic carbocycles. The van der Waals surface area contributed by atoms with Gasteiger partial charge in [-0.1, -0.05) is 45.1 Å². The highest BCUT2D eigenvalue weighted by Crippen LogP contribution is 2.16. The maximum atomic E-state index is 5.72. The normalized spacial score (nSPS) is 11.4. The molecular formula is C17H30N2O. The highest BCUT2D eigenvalue weighted by Gasteiger charge is 2.10. The lowest BCUT2D eigenvalue weighted by atomic mass is 10.1. The van der Waals surface area contributed by atoms with Gasteiger partial charge in [-0.05, 0) is 33.3 Å². The van der Waals surface area contributed by atoms with Gasteiger partial charge < -0.3 is 10.1 Å². The smallest absolute Gasteiger partial charge is 0.215 e. The lowest BCUT2D eigenvalue weighted by Gasteiger charge is -2.21. The molecule has 1 heterocycles. The van der Waals surface area contributed by atoms with Crippen LogP contribution in [0.2, 0.25) is 0 Å². The van der Waals surface area contributed by atoms with Crippen molar-refractivity contribution in [1.29, 1.82) is 0 Å². The Bertz CT molecular complexity index is 371. The molecule has 0 unspecified atom stereocenters. The van der Waals surface area contributed by atoms with E-state index >= 15 is 0 Å². The second kappa shape index (κ2) is 8.83. The molecule has 1 rings (SSSR count). The first kappa shape index (κ1) is 16.8. The van der Waals surface area contributed by atoms with Crippen molar-refractivity contribution in [3.63, 3.8) is 0 Å². The fraction of sp³-hybridized carbons (Fsp3) is 0.706. The molecule has 1 N–H and O–H groups in total. The van der Waals surface area contributed by atoms with Crippen molar-refractivity contribution in [2.75, 3.05) is 11.9 Å². The molecule has 0 aliphatic heterocycles. The van der Waals surface area contributed by atoms with Gasteiger partial charge in [0.1, 0.15) is 5.82 Å². The number of rotatable bonds is 9. The molecule has 0 atom stereocenters. The predicted molar refractivity (Wildman–Crippen MR) is 86.5 cm³/mol. The highest BCUT2D eigenvalue weighted by atomic mass is 16.5. The van der Waals surface area contributed by atoms with Crippen LogP contribution in [0.25, 0.3) is 0 Å². The number of unbranched alkanes of at least 4 members (excludes halogenated alkanes) is 5. The number of anilines is 1. The van der Waals surface area contributed by atoms with Gasteiger partial charge in [-0.3, -0.25) is 0 Å². The molecule has 0 amide bonds. The van der Waals surface area contributed by atoms with Gasteiger partial charge in [0.15, 0.2) is 0 Å². The Hall–Kier alpha value is -1.25. The summed E-state index contributed by atoms with van der Waals surface area (Å²) in [5, 5.41) is 3.36. The second-order valence-corrected chi connectivity index (χ2v) is 6.35. The fourth-order valence-electron chi connectivity index (χ4n) is 2.01. The van der Waals surface area contributed by atoms with E-state index in [-0.39, 0.29) is 5.54 Å². The number of hydrogen-bond donors (Lipinski definition) is 1. The lowest BCUT2D eigenvalue weighted by Crippen LogP contribution is -2.26. The Morgan fingerprint density at radius 2 is 1.75 bits per heavy atom. The molecule has 3 heteroatoms. The maximum Gasteiger partial charge on any atom is 0.215 e. The van der Waals surface area contributed by atoms with Crippen LogP contribution in [0.5, 0.6) is 5.88 Å². The van der Waals surface area contributed by atoms with Crippen LogP contribution in [0.1, 0.15) is 66.2 Å². The van der Waals surface area contributed by atoms with E-state index in [0.29, 0.717) is 5.88 Å². The number of hydrogen-bond acceptors (Lipinski definition) is 3. The van der Waals surface area contributed by atoms with Crippen LogP contribution in [0.4, 0.5) is 5.82 Å². The molecule has 0 radical (unpaired) electrons. The summed E-state index contributed by atoms with van der Waals surface area (Å²) in [6.07, 6.45) is 7.68. The van der Waals surface area contributed by atoms with Crippen molar-refractivity contribution >= 4 is 5.82 Å². The SMILES string of the molecule is CCCCCCCCOc1cccc(NC(C)(C)C)n1. The average molecular weight is 278 g/mol. The largest absolute Gasteiger partial charge is 0.478 e. The minimum atomic E-state index is 0.0188. The van der Waals surface area contributed by atoms with Crippen LogP contribution in [0, 0.1) is 0 Å². The zero-order valence-corrected chi connectivity index (χ0v) is 13.5. The molecule has 3 nitrogen and oxygen atoms in total. The summed E-state index contributed by atoms with van der Waals surface area (Å²) in [6, 6.07) is 5.88. The molecule has 1 aromatic heterocycles. The van der Waals surface area contributed by atoms with E-state index in [1.807, 2.05) is 18.2 Å². The van der Waals surface area contributed by atoms with Crippen LogP contribution in [-0.4, -0.2) is 17.1 Å². The zero-order valence-electron chi connectivity index (χ0n) is 13.5. The Morgan fingerprint density at radius 3 is 2.45 bits per heavy atom. The summed E-state index contributed by atoms with van der Waals surface area (Å²) in [6.45, 7) is 9.38. The third-order valence-corrected chi connectivity index (χ3v) is 2.97. The van der Waals surface area contributed by atoms with E-state index in [2.05, 4.69) is 38.0 Å². The summed E-state index contributed by atoms with van der Waals surface area (Å²) in [4.78, 5) is 4.47. The molecule has 1 aromatic rings. The molecule has 0 aliphatic rings.